The second-order valence-corrected chi connectivity index (χ2v) is 4.25. The van der Waals surface area contributed by atoms with Gasteiger partial charge < -0.3 is 15.4 Å². The molecule has 19 heavy (non-hydrogen) atoms. The first kappa shape index (κ1) is 13.7. The van der Waals surface area contributed by atoms with Crippen LogP contribution in [-0.4, -0.2) is 26.1 Å². The van der Waals surface area contributed by atoms with Crippen molar-refractivity contribution < 1.29 is 22.7 Å². The van der Waals surface area contributed by atoms with Gasteiger partial charge in [0.25, 0.3) is 0 Å². The van der Waals surface area contributed by atoms with E-state index in [2.05, 4.69) is 10.6 Å². The molecule has 104 valence electrons. The molecule has 1 aromatic carbocycles. The molecule has 0 spiro atoms. The predicted molar refractivity (Wildman–Crippen MR) is 63.0 cm³/mol. The number of halogens is 3. The number of alkyl halides is 3. The third-order valence-electron chi connectivity index (χ3n) is 2.94. The van der Waals surface area contributed by atoms with Gasteiger partial charge in [-0.1, -0.05) is 0 Å². The zero-order valence-electron chi connectivity index (χ0n) is 10.2. The lowest BCUT2D eigenvalue weighted by Crippen LogP contribution is -2.48. The molecule has 0 aliphatic carbocycles. The van der Waals surface area contributed by atoms with Gasteiger partial charge in [0.2, 0.25) is 5.91 Å². The Morgan fingerprint density at radius 3 is 2.58 bits per heavy atom. The van der Waals surface area contributed by atoms with E-state index in [1.165, 1.54) is 19.2 Å². The fourth-order valence-corrected chi connectivity index (χ4v) is 1.70. The summed E-state index contributed by atoms with van der Waals surface area (Å²) in [7, 11) is 1.29. The molecule has 1 heterocycles. The van der Waals surface area contributed by atoms with Crippen molar-refractivity contribution in [1.29, 1.82) is 0 Å². The van der Waals surface area contributed by atoms with Crippen LogP contribution >= 0.6 is 0 Å². The minimum Gasteiger partial charge on any atom is -0.497 e. The van der Waals surface area contributed by atoms with Crippen molar-refractivity contribution in [1.82, 2.24) is 5.32 Å². The maximum atomic E-state index is 12.9. The number of hydrogen-bond acceptors (Lipinski definition) is 3. The molecule has 7 heteroatoms. The minimum absolute atomic E-state index is 0.0932. The van der Waals surface area contributed by atoms with Crippen molar-refractivity contribution in [3.8, 4) is 5.75 Å². The van der Waals surface area contributed by atoms with Crippen molar-refractivity contribution >= 4 is 11.6 Å². The lowest BCUT2D eigenvalue weighted by atomic mass is 10.0. The number of benzene rings is 1. The maximum absolute atomic E-state index is 12.9. The number of carbonyl (C=O) groups is 1. The maximum Gasteiger partial charge on any atom is 0.418 e. The molecule has 2 N–H and O–H groups in total. The Morgan fingerprint density at radius 1 is 1.42 bits per heavy atom. The van der Waals surface area contributed by atoms with Gasteiger partial charge in [0.1, 0.15) is 5.75 Å². The number of amides is 1. The number of hydrogen-bond donors (Lipinski definition) is 2. The van der Waals surface area contributed by atoms with Crippen LogP contribution in [0.2, 0.25) is 0 Å². The smallest absolute Gasteiger partial charge is 0.418 e. The average Bonchev–Trinajstić information content (AvgIpc) is 2.25. The molecular weight excluding hydrogens is 261 g/mol. The van der Waals surface area contributed by atoms with Crippen molar-refractivity contribution in [3.05, 3.63) is 23.8 Å². The number of rotatable bonds is 3. The number of anilines is 1. The molecule has 1 amide bonds. The first-order valence-corrected chi connectivity index (χ1v) is 5.68. The normalized spacial score (nSPS) is 15.8. The Labute approximate surface area is 107 Å². The van der Waals surface area contributed by atoms with Crippen LogP contribution < -0.4 is 15.4 Å². The molecule has 1 aromatic rings. The second kappa shape index (κ2) is 5.08. The van der Waals surface area contributed by atoms with Gasteiger partial charge in [0.05, 0.1) is 24.3 Å². The van der Waals surface area contributed by atoms with Gasteiger partial charge in [0.15, 0.2) is 0 Å². The highest BCUT2D eigenvalue weighted by molar-refractivity contribution is 5.94. The first-order valence-electron chi connectivity index (χ1n) is 5.68. The topological polar surface area (TPSA) is 50.4 Å². The Balaban J connectivity index is 2.25. The first-order chi connectivity index (χ1) is 8.91. The monoisotopic (exact) mass is 274 g/mol. The fourth-order valence-electron chi connectivity index (χ4n) is 1.70. The summed E-state index contributed by atoms with van der Waals surface area (Å²) in [4.78, 5) is 11.7. The Hall–Kier alpha value is -1.76. The summed E-state index contributed by atoms with van der Waals surface area (Å²) in [6, 6.07) is 3.45. The molecule has 2 rings (SSSR count). The van der Waals surface area contributed by atoms with Crippen molar-refractivity contribution in [2.75, 3.05) is 25.5 Å². The van der Waals surface area contributed by atoms with E-state index >= 15 is 0 Å². The second-order valence-electron chi connectivity index (χ2n) is 4.25. The molecule has 0 saturated carbocycles. The third kappa shape index (κ3) is 2.98. The van der Waals surface area contributed by atoms with E-state index in [0.29, 0.717) is 13.1 Å². The van der Waals surface area contributed by atoms with Gasteiger partial charge in [-0.15, -0.1) is 0 Å². The molecule has 1 aliphatic heterocycles. The molecule has 1 aliphatic rings. The molecule has 1 saturated heterocycles. The number of methoxy groups -OCH3 is 1. The van der Waals surface area contributed by atoms with E-state index < -0.39 is 17.6 Å². The third-order valence-corrected chi connectivity index (χ3v) is 2.94. The van der Waals surface area contributed by atoms with Gasteiger partial charge in [-0.2, -0.15) is 13.2 Å². The highest BCUT2D eigenvalue weighted by Crippen LogP contribution is 2.37. The summed E-state index contributed by atoms with van der Waals surface area (Å²) in [5.74, 6) is -0.590. The van der Waals surface area contributed by atoms with Crippen molar-refractivity contribution in [3.63, 3.8) is 0 Å². The van der Waals surface area contributed by atoms with E-state index in [0.717, 1.165) is 6.07 Å². The standard InChI is InChI=1S/C12H13F3N2O2/c1-19-8-2-3-10(9(4-8)12(13,14)15)17-11(18)7-5-16-6-7/h2-4,7,16H,5-6H2,1H3,(H,17,18). The van der Waals surface area contributed by atoms with Gasteiger partial charge in [-0.05, 0) is 18.2 Å². The predicted octanol–water partition coefficient (Wildman–Crippen LogP) is 1.87. The van der Waals surface area contributed by atoms with E-state index in [-0.39, 0.29) is 17.4 Å². The lowest BCUT2D eigenvalue weighted by molar-refractivity contribution is -0.137. The summed E-state index contributed by atoms with van der Waals surface area (Å²) in [5.41, 5.74) is -1.15. The van der Waals surface area contributed by atoms with Gasteiger partial charge in [-0.3, -0.25) is 4.79 Å². The molecule has 1 fully saturated rings. The van der Waals surface area contributed by atoms with Crippen LogP contribution in [-0.2, 0) is 11.0 Å². The lowest BCUT2D eigenvalue weighted by Gasteiger charge is -2.26. The quantitative estimate of drug-likeness (QED) is 0.884. The van der Waals surface area contributed by atoms with Gasteiger partial charge in [-0.25, -0.2) is 0 Å². The molecule has 0 unspecified atom stereocenters. The summed E-state index contributed by atoms with van der Waals surface area (Å²) in [5, 5.41) is 5.20. The molecular formula is C12H13F3N2O2. The number of carbonyl (C=O) groups excluding carboxylic acids is 1. The van der Waals surface area contributed by atoms with Crippen LogP contribution in [0.25, 0.3) is 0 Å². The highest BCUT2D eigenvalue weighted by atomic mass is 19.4. The van der Waals surface area contributed by atoms with Crippen molar-refractivity contribution in [2.24, 2.45) is 5.92 Å². The van der Waals surface area contributed by atoms with Gasteiger partial charge in [0, 0.05) is 13.1 Å². The van der Waals surface area contributed by atoms with E-state index in [1.807, 2.05) is 0 Å². The summed E-state index contributed by atoms with van der Waals surface area (Å²) >= 11 is 0. The fraction of sp³-hybridized carbons (Fsp3) is 0.417. The van der Waals surface area contributed by atoms with Gasteiger partial charge >= 0.3 is 6.18 Å². The molecule has 0 bridgehead atoms. The van der Waals surface area contributed by atoms with Crippen LogP contribution in [0.5, 0.6) is 5.75 Å². The largest absolute Gasteiger partial charge is 0.497 e. The molecule has 4 nitrogen and oxygen atoms in total. The zero-order valence-corrected chi connectivity index (χ0v) is 10.2. The molecule has 0 radical (unpaired) electrons. The number of ether oxygens (including phenoxy) is 1. The van der Waals surface area contributed by atoms with Crippen molar-refractivity contribution in [2.45, 2.75) is 6.18 Å². The Bertz CT molecular complexity index is 484. The Morgan fingerprint density at radius 2 is 2.11 bits per heavy atom. The Kier molecular flexibility index (Phi) is 3.66. The van der Waals surface area contributed by atoms with E-state index in [9.17, 15) is 18.0 Å². The summed E-state index contributed by atoms with van der Waals surface area (Å²) in [6.45, 7) is 0.979. The van der Waals surface area contributed by atoms with Crippen LogP contribution in [0.4, 0.5) is 18.9 Å². The number of nitrogens with one attached hydrogen (secondary N) is 2. The minimum atomic E-state index is -4.55. The SMILES string of the molecule is COc1ccc(NC(=O)C2CNC2)c(C(F)(F)F)c1. The zero-order chi connectivity index (χ0) is 14.0. The average molecular weight is 274 g/mol. The van der Waals surface area contributed by atoms with E-state index in [1.54, 1.807) is 0 Å². The van der Waals surface area contributed by atoms with Crippen LogP contribution in [0.1, 0.15) is 5.56 Å². The summed E-state index contributed by atoms with van der Waals surface area (Å²) in [6.07, 6.45) is -4.55. The highest BCUT2D eigenvalue weighted by Gasteiger charge is 2.35. The molecule has 0 aromatic heterocycles. The van der Waals surface area contributed by atoms with Crippen LogP contribution in [0.15, 0.2) is 18.2 Å². The van der Waals surface area contributed by atoms with Crippen LogP contribution in [0, 0.1) is 5.92 Å². The van der Waals surface area contributed by atoms with E-state index in [4.69, 9.17) is 4.74 Å². The van der Waals surface area contributed by atoms with Crippen LogP contribution in [0.3, 0.4) is 0 Å². The molecule has 0 atom stereocenters. The summed E-state index contributed by atoms with van der Waals surface area (Å²) < 4.78 is 43.4.